The molecule has 2 aliphatic rings. The maximum atomic E-state index is 4.42. The van der Waals surface area contributed by atoms with Crippen LogP contribution in [0.5, 0.6) is 0 Å². The molecule has 18 heavy (non-hydrogen) atoms. The van der Waals surface area contributed by atoms with E-state index in [4.69, 9.17) is 0 Å². The number of piperidine rings is 1. The van der Waals surface area contributed by atoms with Gasteiger partial charge in [0.15, 0.2) is 0 Å². The minimum Gasteiger partial charge on any atom is -0.337 e. The monoisotopic (exact) mass is 248 g/mol. The van der Waals surface area contributed by atoms with Gasteiger partial charge in [-0.25, -0.2) is 4.98 Å². The number of nitrogens with zero attached hydrogens (tertiary/aromatic N) is 3. The Morgan fingerprint density at radius 3 is 2.78 bits per heavy atom. The molecular formula is C14H24N4. The Bertz CT molecular complexity index is 373. The summed E-state index contributed by atoms with van der Waals surface area (Å²) in [6, 6.07) is 0.806. The van der Waals surface area contributed by atoms with E-state index >= 15 is 0 Å². The predicted molar refractivity (Wildman–Crippen MR) is 72.2 cm³/mol. The van der Waals surface area contributed by atoms with Crippen LogP contribution in [0, 0.1) is 5.92 Å². The molecule has 0 spiro atoms. The Hall–Kier alpha value is -0.870. The lowest BCUT2D eigenvalue weighted by Gasteiger charge is -2.34. The van der Waals surface area contributed by atoms with Crippen molar-refractivity contribution in [2.45, 2.75) is 38.3 Å². The molecule has 3 rings (SSSR count). The summed E-state index contributed by atoms with van der Waals surface area (Å²) in [5, 5.41) is 3.66. The van der Waals surface area contributed by atoms with Crippen molar-refractivity contribution < 1.29 is 0 Å². The zero-order valence-corrected chi connectivity index (χ0v) is 11.3. The lowest BCUT2D eigenvalue weighted by molar-refractivity contribution is 0.153. The second-order valence-electron chi connectivity index (χ2n) is 5.77. The van der Waals surface area contributed by atoms with Crippen molar-refractivity contribution in [1.29, 1.82) is 0 Å². The van der Waals surface area contributed by atoms with E-state index in [2.05, 4.69) is 26.8 Å². The minimum absolute atomic E-state index is 0.806. The number of nitrogens with one attached hydrogen (secondary N) is 1. The normalized spacial score (nSPS) is 26.8. The molecule has 0 radical (unpaired) electrons. The molecule has 0 bridgehead atoms. The zero-order chi connectivity index (χ0) is 12.4. The average Bonchev–Trinajstić information content (AvgIpc) is 3.03. The third-order valence-corrected chi connectivity index (χ3v) is 4.59. The van der Waals surface area contributed by atoms with Crippen LogP contribution < -0.4 is 5.32 Å². The molecule has 2 fully saturated rings. The number of aromatic nitrogens is 2. The van der Waals surface area contributed by atoms with Crippen LogP contribution in [0.25, 0.3) is 0 Å². The number of hydrogen-bond acceptors (Lipinski definition) is 3. The second kappa shape index (κ2) is 5.41. The van der Waals surface area contributed by atoms with E-state index in [9.17, 15) is 0 Å². The van der Waals surface area contributed by atoms with Crippen molar-refractivity contribution in [3.63, 3.8) is 0 Å². The molecule has 1 unspecified atom stereocenters. The fraction of sp³-hybridized carbons (Fsp3) is 0.786. The third-order valence-electron chi connectivity index (χ3n) is 4.59. The van der Waals surface area contributed by atoms with Gasteiger partial charge >= 0.3 is 0 Å². The highest BCUT2D eigenvalue weighted by Gasteiger charge is 2.28. The summed E-state index contributed by atoms with van der Waals surface area (Å²) in [6.45, 7) is 4.71. The molecule has 1 N–H and O–H groups in total. The highest BCUT2D eigenvalue weighted by Crippen LogP contribution is 2.26. The molecule has 2 saturated heterocycles. The van der Waals surface area contributed by atoms with Gasteiger partial charge in [-0.2, -0.15) is 0 Å². The topological polar surface area (TPSA) is 33.1 Å². The predicted octanol–water partition coefficient (Wildman–Crippen LogP) is 1.38. The van der Waals surface area contributed by atoms with Crippen LogP contribution in [-0.2, 0) is 13.6 Å². The van der Waals surface area contributed by atoms with Gasteiger partial charge in [-0.3, -0.25) is 4.90 Å². The fourth-order valence-corrected chi connectivity index (χ4v) is 3.38. The van der Waals surface area contributed by atoms with E-state index in [-0.39, 0.29) is 0 Å². The SMILES string of the molecule is Cn1ccnc1CN1CCC(C2CCCN2)CC1. The second-order valence-corrected chi connectivity index (χ2v) is 5.77. The van der Waals surface area contributed by atoms with Crippen LogP contribution in [0.1, 0.15) is 31.5 Å². The Morgan fingerprint density at radius 2 is 2.17 bits per heavy atom. The first-order valence-electron chi connectivity index (χ1n) is 7.25. The number of rotatable bonds is 3. The van der Waals surface area contributed by atoms with Gasteiger partial charge in [-0.1, -0.05) is 0 Å². The van der Waals surface area contributed by atoms with Gasteiger partial charge in [0.2, 0.25) is 0 Å². The van der Waals surface area contributed by atoms with Gasteiger partial charge in [0.1, 0.15) is 5.82 Å². The van der Waals surface area contributed by atoms with Gasteiger partial charge < -0.3 is 9.88 Å². The summed E-state index contributed by atoms with van der Waals surface area (Å²) < 4.78 is 2.13. The lowest BCUT2D eigenvalue weighted by Crippen LogP contribution is -2.40. The molecule has 2 aliphatic heterocycles. The first kappa shape index (κ1) is 12.2. The smallest absolute Gasteiger partial charge is 0.122 e. The van der Waals surface area contributed by atoms with Gasteiger partial charge in [0, 0.05) is 25.5 Å². The van der Waals surface area contributed by atoms with Crippen LogP contribution in [0.15, 0.2) is 12.4 Å². The zero-order valence-electron chi connectivity index (χ0n) is 11.3. The van der Waals surface area contributed by atoms with E-state index in [1.807, 2.05) is 12.4 Å². The van der Waals surface area contributed by atoms with Crippen LogP contribution in [0.3, 0.4) is 0 Å². The standard InChI is InChI=1S/C14H24N4/c1-17-10-7-16-14(17)11-18-8-4-12(5-9-18)13-3-2-6-15-13/h7,10,12-13,15H,2-6,8-9,11H2,1H3. The van der Waals surface area contributed by atoms with Gasteiger partial charge in [0.25, 0.3) is 0 Å². The number of aryl methyl sites for hydroxylation is 1. The molecule has 100 valence electrons. The quantitative estimate of drug-likeness (QED) is 0.877. The summed E-state index contributed by atoms with van der Waals surface area (Å²) in [5.74, 6) is 2.09. The molecule has 0 aromatic carbocycles. The van der Waals surface area contributed by atoms with Gasteiger partial charge in [0.05, 0.1) is 6.54 Å². The minimum atomic E-state index is 0.806. The Kier molecular flexibility index (Phi) is 3.66. The molecule has 4 nitrogen and oxygen atoms in total. The first-order valence-corrected chi connectivity index (χ1v) is 7.25. The average molecular weight is 248 g/mol. The number of hydrogen-bond donors (Lipinski definition) is 1. The summed E-state index contributed by atoms with van der Waals surface area (Å²) in [5.41, 5.74) is 0. The van der Waals surface area contributed by atoms with Crippen molar-refractivity contribution >= 4 is 0 Å². The molecular weight excluding hydrogens is 224 g/mol. The molecule has 1 aromatic rings. The van der Waals surface area contributed by atoms with E-state index in [0.717, 1.165) is 18.5 Å². The molecule has 3 heterocycles. The lowest BCUT2D eigenvalue weighted by atomic mass is 9.88. The van der Waals surface area contributed by atoms with E-state index in [1.165, 1.54) is 51.1 Å². The third kappa shape index (κ3) is 2.59. The Labute approximate surface area is 109 Å². The van der Waals surface area contributed by atoms with E-state index < -0.39 is 0 Å². The Balaban J connectivity index is 1.49. The van der Waals surface area contributed by atoms with Crippen LogP contribution >= 0.6 is 0 Å². The number of likely N-dealkylation sites (tertiary alicyclic amines) is 1. The molecule has 0 saturated carbocycles. The highest BCUT2D eigenvalue weighted by molar-refractivity contribution is 4.92. The molecule has 1 atom stereocenters. The van der Waals surface area contributed by atoms with E-state index in [0.29, 0.717) is 0 Å². The first-order chi connectivity index (χ1) is 8.83. The van der Waals surface area contributed by atoms with Crippen molar-refractivity contribution in [2.75, 3.05) is 19.6 Å². The van der Waals surface area contributed by atoms with Gasteiger partial charge in [-0.15, -0.1) is 0 Å². The molecule has 0 amide bonds. The van der Waals surface area contributed by atoms with Crippen LogP contribution in [0.2, 0.25) is 0 Å². The van der Waals surface area contributed by atoms with Crippen molar-refractivity contribution in [2.24, 2.45) is 13.0 Å². The van der Waals surface area contributed by atoms with Crippen LogP contribution in [-0.4, -0.2) is 40.1 Å². The van der Waals surface area contributed by atoms with Gasteiger partial charge in [-0.05, 0) is 51.2 Å². The van der Waals surface area contributed by atoms with Crippen molar-refractivity contribution in [3.8, 4) is 0 Å². The van der Waals surface area contributed by atoms with E-state index in [1.54, 1.807) is 0 Å². The highest BCUT2D eigenvalue weighted by atomic mass is 15.2. The van der Waals surface area contributed by atoms with Crippen LogP contribution in [0.4, 0.5) is 0 Å². The summed E-state index contributed by atoms with van der Waals surface area (Å²) in [7, 11) is 2.08. The van der Waals surface area contributed by atoms with Crippen molar-refractivity contribution in [3.05, 3.63) is 18.2 Å². The van der Waals surface area contributed by atoms with Crippen molar-refractivity contribution in [1.82, 2.24) is 19.8 Å². The summed E-state index contributed by atoms with van der Waals surface area (Å²) >= 11 is 0. The fourth-order valence-electron chi connectivity index (χ4n) is 3.38. The molecule has 1 aromatic heterocycles. The maximum Gasteiger partial charge on any atom is 0.122 e. The summed E-state index contributed by atoms with van der Waals surface area (Å²) in [6.07, 6.45) is 9.39. The number of imidazole rings is 1. The summed E-state index contributed by atoms with van der Waals surface area (Å²) in [4.78, 5) is 6.96. The molecule has 4 heteroatoms. The molecule has 0 aliphatic carbocycles. The Morgan fingerprint density at radius 1 is 1.33 bits per heavy atom. The maximum absolute atomic E-state index is 4.42. The largest absolute Gasteiger partial charge is 0.337 e.